The van der Waals surface area contributed by atoms with Crippen LogP contribution in [0.5, 0.6) is 5.75 Å². The van der Waals surface area contributed by atoms with Gasteiger partial charge < -0.3 is 10.1 Å². The maximum absolute atomic E-state index is 13.0. The molecular formula is C12H16FNO. The van der Waals surface area contributed by atoms with E-state index in [1.54, 1.807) is 12.1 Å². The van der Waals surface area contributed by atoms with E-state index in [2.05, 4.69) is 11.9 Å². The van der Waals surface area contributed by atoms with Gasteiger partial charge in [-0.15, -0.1) is 0 Å². The Kier molecular flexibility index (Phi) is 4.31. The Morgan fingerprint density at radius 1 is 1.60 bits per heavy atom. The Balaban J connectivity index is 2.96. The van der Waals surface area contributed by atoms with Crippen LogP contribution in [-0.4, -0.2) is 13.7 Å². The lowest BCUT2D eigenvalue weighted by atomic mass is 10.1. The third kappa shape index (κ3) is 3.06. The van der Waals surface area contributed by atoms with Crippen LogP contribution in [0.15, 0.2) is 30.9 Å². The highest BCUT2D eigenvalue weighted by atomic mass is 19.1. The van der Waals surface area contributed by atoms with Gasteiger partial charge in [0.05, 0.1) is 0 Å². The molecule has 1 unspecified atom stereocenters. The fraction of sp³-hybridized carbons (Fsp3) is 0.333. The second-order valence-corrected chi connectivity index (χ2v) is 3.29. The van der Waals surface area contributed by atoms with Gasteiger partial charge in [0.1, 0.15) is 18.2 Å². The summed E-state index contributed by atoms with van der Waals surface area (Å²) in [4.78, 5) is 0. The summed E-state index contributed by atoms with van der Waals surface area (Å²) < 4.78 is 18.4. The number of nitrogens with one attached hydrogen (secondary N) is 1. The predicted octanol–water partition coefficient (Wildman–Crippen LogP) is 2.67. The summed E-state index contributed by atoms with van der Waals surface area (Å²) in [5.41, 5.74) is 0.945. The molecule has 0 heterocycles. The van der Waals surface area contributed by atoms with Gasteiger partial charge in [-0.25, -0.2) is 4.39 Å². The molecule has 15 heavy (non-hydrogen) atoms. The Hall–Kier alpha value is -1.35. The van der Waals surface area contributed by atoms with Crippen molar-refractivity contribution in [3.8, 4) is 5.75 Å². The van der Waals surface area contributed by atoms with Crippen LogP contribution in [0.1, 0.15) is 18.5 Å². The van der Waals surface area contributed by atoms with Crippen molar-refractivity contribution in [1.82, 2.24) is 5.32 Å². The summed E-state index contributed by atoms with van der Waals surface area (Å²) in [5.74, 6) is 0.276. The van der Waals surface area contributed by atoms with Gasteiger partial charge in [-0.1, -0.05) is 18.7 Å². The molecule has 0 radical (unpaired) electrons. The minimum atomic E-state index is -0.291. The summed E-state index contributed by atoms with van der Waals surface area (Å²) in [7, 11) is 1.85. The number of rotatable bonds is 5. The molecule has 1 aromatic rings. The zero-order valence-corrected chi connectivity index (χ0v) is 9.09. The molecule has 1 atom stereocenters. The zero-order valence-electron chi connectivity index (χ0n) is 9.09. The largest absolute Gasteiger partial charge is 0.489 e. The normalized spacial score (nSPS) is 12.2. The highest BCUT2D eigenvalue weighted by Crippen LogP contribution is 2.25. The van der Waals surface area contributed by atoms with Gasteiger partial charge in [-0.3, -0.25) is 0 Å². The van der Waals surface area contributed by atoms with E-state index in [0.717, 1.165) is 5.56 Å². The topological polar surface area (TPSA) is 21.3 Å². The third-order valence-electron chi connectivity index (χ3n) is 2.23. The van der Waals surface area contributed by atoms with Gasteiger partial charge in [-0.05, 0) is 20.0 Å². The monoisotopic (exact) mass is 209 g/mol. The Labute approximate surface area is 89.8 Å². The van der Waals surface area contributed by atoms with E-state index in [-0.39, 0.29) is 11.9 Å². The van der Waals surface area contributed by atoms with Crippen molar-refractivity contribution >= 4 is 0 Å². The van der Waals surface area contributed by atoms with Crippen molar-refractivity contribution in [2.24, 2.45) is 0 Å². The molecule has 1 aromatic carbocycles. The molecule has 0 saturated carbocycles. The summed E-state index contributed by atoms with van der Waals surface area (Å²) in [5, 5.41) is 3.09. The third-order valence-corrected chi connectivity index (χ3v) is 2.23. The molecule has 0 saturated heterocycles. The molecule has 0 spiro atoms. The van der Waals surface area contributed by atoms with Crippen LogP contribution in [0.25, 0.3) is 0 Å². The first kappa shape index (κ1) is 11.7. The predicted molar refractivity (Wildman–Crippen MR) is 59.6 cm³/mol. The molecule has 0 aliphatic rings. The average molecular weight is 209 g/mol. The van der Waals surface area contributed by atoms with Gasteiger partial charge in [-0.2, -0.15) is 0 Å². The van der Waals surface area contributed by atoms with Crippen molar-refractivity contribution < 1.29 is 9.13 Å². The molecule has 1 rings (SSSR count). The molecule has 0 aromatic heterocycles. The highest BCUT2D eigenvalue weighted by molar-refractivity contribution is 5.36. The molecular weight excluding hydrogens is 193 g/mol. The first-order chi connectivity index (χ1) is 7.19. The van der Waals surface area contributed by atoms with E-state index in [9.17, 15) is 4.39 Å². The molecule has 0 bridgehead atoms. The van der Waals surface area contributed by atoms with E-state index in [1.807, 2.05) is 14.0 Å². The Morgan fingerprint density at radius 2 is 2.33 bits per heavy atom. The van der Waals surface area contributed by atoms with E-state index in [1.165, 1.54) is 12.1 Å². The van der Waals surface area contributed by atoms with Crippen molar-refractivity contribution in [3.63, 3.8) is 0 Å². The Morgan fingerprint density at radius 3 is 2.93 bits per heavy atom. The standard InChI is InChI=1S/C12H16FNO/c1-4-7-15-12-8-10(13)5-6-11(12)9(2)14-3/h4-6,8-9,14H,1,7H2,2-3H3. The van der Waals surface area contributed by atoms with Crippen LogP contribution in [0.4, 0.5) is 4.39 Å². The number of ether oxygens (including phenoxy) is 1. The van der Waals surface area contributed by atoms with Crippen molar-refractivity contribution in [2.75, 3.05) is 13.7 Å². The molecule has 0 fully saturated rings. The van der Waals surface area contributed by atoms with Crippen molar-refractivity contribution in [2.45, 2.75) is 13.0 Å². The van der Waals surface area contributed by atoms with Crippen LogP contribution in [0, 0.1) is 5.82 Å². The maximum Gasteiger partial charge on any atom is 0.127 e. The smallest absolute Gasteiger partial charge is 0.127 e. The number of hydrogen-bond donors (Lipinski definition) is 1. The average Bonchev–Trinajstić information content (AvgIpc) is 2.25. The van der Waals surface area contributed by atoms with Gasteiger partial charge in [0.2, 0.25) is 0 Å². The lowest BCUT2D eigenvalue weighted by Crippen LogP contribution is -2.14. The van der Waals surface area contributed by atoms with Crippen molar-refractivity contribution in [1.29, 1.82) is 0 Å². The van der Waals surface area contributed by atoms with E-state index in [4.69, 9.17) is 4.74 Å². The van der Waals surface area contributed by atoms with E-state index in [0.29, 0.717) is 12.4 Å². The fourth-order valence-electron chi connectivity index (χ4n) is 1.30. The molecule has 0 aliphatic carbocycles. The summed E-state index contributed by atoms with van der Waals surface area (Å²) >= 11 is 0. The summed E-state index contributed by atoms with van der Waals surface area (Å²) in [6.45, 7) is 5.93. The summed E-state index contributed by atoms with van der Waals surface area (Å²) in [6, 6.07) is 4.69. The van der Waals surface area contributed by atoms with E-state index < -0.39 is 0 Å². The van der Waals surface area contributed by atoms with Gasteiger partial charge >= 0.3 is 0 Å². The van der Waals surface area contributed by atoms with Gasteiger partial charge in [0.25, 0.3) is 0 Å². The number of halogens is 1. The molecule has 0 amide bonds. The van der Waals surface area contributed by atoms with Crippen LogP contribution < -0.4 is 10.1 Å². The van der Waals surface area contributed by atoms with Crippen molar-refractivity contribution in [3.05, 3.63) is 42.2 Å². The summed E-state index contributed by atoms with van der Waals surface area (Å²) in [6.07, 6.45) is 1.64. The molecule has 0 aliphatic heterocycles. The first-order valence-electron chi connectivity index (χ1n) is 4.89. The van der Waals surface area contributed by atoms with Crippen LogP contribution in [0.2, 0.25) is 0 Å². The van der Waals surface area contributed by atoms with Crippen LogP contribution in [0.3, 0.4) is 0 Å². The minimum absolute atomic E-state index is 0.130. The Bertz CT molecular complexity index is 338. The first-order valence-corrected chi connectivity index (χ1v) is 4.89. The zero-order chi connectivity index (χ0) is 11.3. The van der Waals surface area contributed by atoms with Gasteiger partial charge in [0, 0.05) is 17.7 Å². The van der Waals surface area contributed by atoms with Gasteiger partial charge in [0.15, 0.2) is 0 Å². The lowest BCUT2D eigenvalue weighted by molar-refractivity contribution is 0.352. The molecule has 2 nitrogen and oxygen atoms in total. The maximum atomic E-state index is 13.0. The second kappa shape index (κ2) is 5.51. The second-order valence-electron chi connectivity index (χ2n) is 3.29. The molecule has 1 N–H and O–H groups in total. The van der Waals surface area contributed by atoms with Crippen LogP contribution in [-0.2, 0) is 0 Å². The SMILES string of the molecule is C=CCOc1cc(F)ccc1C(C)NC. The minimum Gasteiger partial charge on any atom is -0.489 e. The number of hydrogen-bond acceptors (Lipinski definition) is 2. The molecule has 3 heteroatoms. The number of benzene rings is 1. The van der Waals surface area contributed by atoms with E-state index >= 15 is 0 Å². The highest BCUT2D eigenvalue weighted by Gasteiger charge is 2.10. The molecule has 82 valence electrons. The fourth-order valence-corrected chi connectivity index (χ4v) is 1.30. The lowest BCUT2D eigenvalue weighted by Gasteiger charge is -2.15. The van der Waals surface area contributed by atoms with Crippen LogP contribution >= 0.6 is 0 Å². The quantitative estimate of drug-likeness (QED) is 0.753.